The zero-order valence-corrected chi connectivity index (χ0v) is 15.5. The molecular weight excluding hydrogens is 324 g/mol. The van der Waals surface area contributed by atoms with Crippen LogP contribution >= 0.6 is 0 Å². The number of hydrogen-bond acceptors (Lipinski definition) is 5. The van der Waals surface area contributed by atoms with Crippen molar-refractivity contribution >= 4 is 5.82 Å². The summed E-state index contributed by atoms with van der Waals surface area (Å²) in [5, 5.41) is 3.62. The molecule has 26 heavy (non-hydrogen) atoms. The molecule has 138 valence electrons. The summed E-state index contributed by atoms with van der Waals surface area (Å²) in [5.74, 6) is 1.33. The molecule has 1 atom stereocenters. The monoisotopic (exact) mass is 352 g/mol. The van der Waals surface area contributed by atoms with Gasteiger partial charge in [-0.25, -0.2) is 9.97 Å². The van der Waals surface area contributed by atoms with Crippen molar-refractivity contribution in [1.82, 2.24) is 14.9 Å². The zero-order chi connectivity index (χ0) is 17.8. The maximum atomic E-state index is 5.50. The fraction of sp³-hybridized carbons (Fsp3) is 0.524. The van der Waals surface area contributed by atoms with E-state index in [0.29, 0.717) is 5.92 Å². The number of benzene rings is 1. The van der Waals surface area contributed by atoms with E-state index in [2.05, 4.69) is 63.6 Å². The average Bonchev–Trinajstić information content (AvgIpc) is 3.24. The van der Waals surface area contributed by atoms with Crippen LogP contribution in [0, 0.1) is 0 Å². The number of piperidine rings is 1. The Morgan fingerprint density at radius 2 is 2.00 bits per heavy atom. The van der Waals surface area contributed by atoms with Crippen LogP contribution in [0.2, 0.25) is 0 Å². The van der Waals surface area contributed by atoms with Crippen molar-refractivity contribution in [3.05, 3.63) is 54.0 Å². The highest BCUT2D eigenvalue weighted by Gasteiger charge is 2.35. The van der Waals surface area contributed by atoms with E-state index < -0.39 is 0 Å². The summed E-state index contributed by atoms with van der Waals surface area (Å²) in [6.45, 7) is 4.78. The van der Waals surface area contributed by atoms with E-state index in [1.165, 1.54) is 5.56 Å². The van der Waals surface area contributed by atoms with Gasteiger partial charge >= 0.3 is 0 Å². The molecule has 0 spiro atoms. The second kappa shape index (κ2) is 7.72. The van der Waals surface area contributed by atoms with Gasteiger partial charge < -0.3 is 15.0 Å². The van der Waals surface area contributed by atoms with Crippen LogP contribution in [0.25, 0.3) is 0 Å². The van der Waals surface area contributed by atoms with E-state index >= 15 is 0 Å². The van der Waals surface area contributed by atoms with Crippen molar-refractivity contribution in [3.63, 3.8) is 0 Å². The van der Waals surface area contributed by atoms with Gasteiger partial charge in [0.1, 0.15) is 12.1 Å². The molecule has 2 saturated heterocycles. The van der Waals surface area contributed by atoms with Gasteiger partial charge in [-0.3, -0.25) is 0 Å². The molecule has 1 aromatic carbocycles. The topological polar surface area (TPSA) is 50.3 Å². The first kappa shape index (κ1) is 17.4. The largest absolute Gasteiger partial charge is 0.381 e. The predicted octanol–water partition coefficient (Wildman–Crippen LogP) is 3.06. The summed E-state index contributed by atoms with van der Waals surface area (Å²) in [6.07, 6.45) is 5.06. The molecule has 5 nitrogen and oxygen atoms in total. The van der Waals surface area contributed by atoms with Crippen molar-refractivity contribution in [2.75, 3.05) is 45.2 Å². The minimum atomic E-state index is 0.162. The lowest BCUT2D eigenvalue weighted by molar-refractivity contribution is 0.193. The summed E-state index contributed by atoms with van der Waals surface area (Å²) in [7, 11) is 2.21. The highest BCUT2D eigenvalue weighted by molar-refractivity contribution is 5.39. The molecule has 2 fully saturated rings. The van der Waals surface area contributed by atoms with Crippen LogP contribution in [0.4, 0.5) is 5.82 Å². The molecule has 0 unspecified atom stereocenters. The van der Waals surface area contributed by atoms with Gasteiger partial charge in [0, 0.05) is 30.6 Å². The number of rotatable bonds is 5. The van der Waals surface area contributed by atoms with E-state index in [1.54, 1.807) is 6.33 Å². The molecule has 0 saturated carbocycles. The lowest BCUT2D eigenvalue weighted by atomic mass is 9.72. The highest BCUT2D eigenvalue weighted by atomic mass is 16.5. The van der Waals surface area contributed by atoms with Crippen molar-refractivity contribution in [3.8, 4) is 0 Å². The molecule has 5 heteroatoms. The number of nitrogens with zero attached hydrogens (tertiary/aromatic N) is 3. The first-order valence-electron chi connectivity index (χ1n) is 9.63. The number of aromatic nitrogens is 2. The third-order valence-electron chi connectivity index (χ3n) is 5.97. The van der Waals surface area contributed by atoms with E-state index in [9.17, 15) is 0 Å². The lowest BCUT2D eigenvalue weighted by Crippen LogP contribution is -2.45. The molecule has 0 amide bonds. The second-order valence-electron chi connectivity index (χ2n) is 7.69. The van der Waals surface area contributed by atoms with Crippen molar-refractivity contribution in [2.24, 2.45) is 0 Å². The Bertz CT molecular complexity index is 707. The third kappa shape index (κ3) is 3.74. The average molecular weight is 352 g/mol. The van der Waals surface area contributed by atoms with Crippen LogP contribution in [0.15, 0.2) is 42.7 Å². The number of likely N-dealkylation sites (tertiary alicyclic amines) is 1. The molecule has 2 aromatic rings. The molecule has 2 aliphatic rings. The van der Waals surface area contributed by atoms with Gasteiger partial charge in [0.05, 0.1) is 12.3 Å². The summed E-state index contributed by atoms with van der Waals surface area (Å²) >= 11 is 0. The minimum absolute atomic E-state index is 0.162. The first-order chi connectivity index (χ1) is 12.8. The molecule has 0 bridgehead atoms. The fourth-order valence-electron chi connectivity index (χ4n) is 4.13. The Kier molecular flexibility index (Phi) is 5.18. The van der Waals surface area contributed by atoms with Crippen molar-refractivity contribution < 1.29 is 4.74 Å². The van der Waals surface area contributed by atoms with Crippen LogP contribution in [0.3, 0.4) is 0 Å². The summed E-state index contributed by atoms with van der Waals surface area (Å²) in [5.41, 5.74) is 2.69. The molecule has 3 heterocycles. The summed E-state index contributed by atoms with van der Waals surface area (Å²) in [4.78, 5) is 11.3. The van der Waals surface area contributed by atoms with Crippen molar-refractivity contribution in [2.45, 2.75) is 30.6 Å². The fourth-order valence-corrected chi connectivity index (χ4v) is 4.13. The quantitative estimate of drug-likeness (QED) is 0.896. The minimum Gasteiger partial charge on any atom is -0.381 e. The van der Waals surface area contributed by atoms with E-state index in [1.807, 2.05) is 0 Å². The third-order valence-corrected chi connectivity index (χ3v) is 5.97. The maximum absolute atomic E-state index is 5.50. The van der Waals surface area contributed by atoms with Gasteiger partial charge in [0.25, 0.3) is 0 Å². The van der Waals surface area contributed by atoms with Crippen molar-refractivity contribution in [1.29, 1.82) is 0 Å². The Balaban J connectivity index is 1.51. The number of anilines is 1. The van der Waals surface area contributed by atoms with Gasteiger partial charge in [-0.1, -0.05) is 30.3 Å². The number of ether oxygens (including phenoxy) is 1. The number of nitrogens with one attached hydrogen (secondary N) is 1. The van der Waals surface area contributed by atoms with Crippen LogP contribution in [0.1, 0.15) is 36.4 Å². The highest BCUT2D eigenvalue weighted by Crippen LogP contribution is 2.35. The zero-order valence-electron chi connectivity index (χ0n) is 15.5. The van der Waals surface area contributed by atoms with E-state index in [-0.39, 0.29) is 5.41 Å². The smallest absolute Gasteiger partial charge is 0.129 e. The van der Waals surface area contributed by atoms with Gasteiger partial charge in [-0.15, -0.1) is 0 Å². The maximum Gasteiger partial charge on any atom is 0.129 e. The molecule has 2 aliphatic heterocycles. The Morgan fingerprint density at radius 3 is 2.73 bits per heavy atom. The van der Waals surface area contributed by atoms with Gasteiger partial charge in [-0.05, 0) is 45.0 Å². The van der Waals surface area contributed by atoms with Crippen LogP contribution in [0.5, 0.6) is 0 Å². The molecule has 4 rings (SSSR count). The van der Waals surface area contributed by atoms with Crippen LogP contribution < -0.4 is 5.32 Å². The van der Waals surface area contributed by atoms with Crippen LogP contribution in [-0.2, 0) is 10.2 Å². The van der Waals surface area contributed by atoms with E-state index in [0.717, 1.165) is 63.6 Å². The Labute approximate surface area is 155 Å². The SMILES string of the molecule is CN1CCC(CNc2cc([C@@H]3CCOC3)ncn2)(c2ccccc2)CC1. The van der Waals surface area contributed by atoms with Gasteiger partial charge in [0.15, 0.2) is 0 Å². The summed E-state index contributed by atoms with van der Waals surface area (Å²) in [6, 6.07) is 13.0. The standard InChI is InChI=1S/C21H28N4O/c1-25-10-8-21(9-11-25,18-5-3-2-4-6-18)15-22-20-13-19(23-16-24-20)17-7-12-26-14-17/h2-6,13,16-17H,7-12,14-15H2,1H3,(H,22,23,24)/t17-/m1/s1. The Morgan fingerprint density at radius 1 is 1.19 bits per heavy atom. The molecule has 0 aliphatic carbocycles. The first-order valence-corrected chi connectivity index (χ1v) is 9.63. The molecule has 1 N–H and O–H groups in total. The predicted molar refractivity (Wildman–Crippen MR) is 104 cm³/mol. The summed E-state index contributed by atoms with van der Waals surface area (Å²) < 4.78 is 5.50. The Hall–Kier alpha value is -1.98. The molecule has 1 aromatic heterocycles. The van der Waals surface area contributed by atoms with Gasteiger partial charge in [0.2, 0.25) is 0 Å². The van der Waals surface area contributed by atoms with Crippen LogP contribution in [-0.4, -0.2) is 54.8 Å². The molecular formula is C21H28N4O. The van der Waals surface area contributed by atoms with E-state index in [4.69, 9.17) is 4.74 Å². The number of hydrogen-bond donors (Lipinski definition) is 1. The van der Waals surface area contributed by atoms with Gasteiger partial charge in [-0.2, -0.15) is 0 Å². The molecule has 0 radical (unpaired) electrons. The second-order valence-corrected chi connectivity index (χ2v) is 7.69. The normalized spacial score (nSPS) is 23.0. The lowest BCUT2D eigenvalue weighted by Gasteiger charge is -2.41.